The predicted octanol–water partition coefficient (Wildman–Crippen LogP) is 4.08. The molecule has 1 aromatic carbocycles. The van der Waals surface area contributed by atoms with Crippen LogP contribution >= 0.6 is 11.6 Å². The Morgan fingerprint density at radius 3 is 2.56 bits per heavy atom. The summed E-state index contributed by atoms with van der Waals surface area (Å²) in [5.74, 6) is -0.204. The fourth-order valence-electron chi connectivity index (χ4n) is 2.38. The van der Waals surface area contributed by atoms with E-state index < -0.39 is 5.82 Å². The number of nitrogens with zero attached hydrogens (tertiary/aromatic N) is 6. The van der Waals surface area contributed by atoms with E-state index in [1.807, 2.05) is 0 Å². The van der Waals surface area contributed by atoms with Crippen LogP contribution in [0.4, 0.5) is 21.7 Å². The second-order valence-corrected chi connectivity index (χ2v) is 5.51. The van der Waals surface area contributed by atoms with E-state index in [4.69, 9.17) is 11.6 Å². The molecule has 0 amide bonds. The first-order chi connectivity index (χ1) is 12.2. The van der Waals surface area contributed by atoms with Crippen LogP contribution in [0.1, 0.15) is 0 Å². The van der Waals surface area contributed by atoms with E-state index in [1.54, 1.807) is 41.8 Å². The molecule has 6 nitrogen and oxygen atoms in total. The molecule has 25 heavy (non-hydrogen) atoms. The van der Waals surface area contributed by atoms with Gasteiger partial charge in [-0.3, -0.25) is 9.88 Å². The van der Waals surface area contributed by atoms with Crippen molar-refractivity contribution in [3.05, 3.63) is 72.2 Å². The lowest BCUT2D eigenvalue weighted by molar-refractivity contribution is 0.628. The lowest BCUT2D eigenvalue weighted by Crippen LogP contribution is -2.15. The van der Waals surface area contributed by atoms with Crippen LogP contribution in [0.3, 0.4) is 0 Å². The predicted molar refractivity (Wildman–Crippen MR) is 92.6 cm³/mol. The van der Waals surface area contributed by atoms with Crippen LogP contribution in [-0.2, 0) is 0 Å². The molecule has 4 rings (SSSR count). The molecule has 3 aromatic heterocycles. The van der Waals surface area contributed by atoms with Gasteiger partial charge >= 0.3 is 0 Å². The molecular weight excluding hydrogens is 343 g/mol. The maximum atomic E-state index is 14.5. The highest BCUT2D eigenvalue weighted by molar-refractivity contribution is 6.30. The van der Waals surface area contributed by atoms with E-state index in [0.29, 0.717) is 21.9 Å². The molecule has 0 spiro atoms. The molecule has 0 aliphatic rings. The van der Waals surface area contributed by atoms with Gasteiger partial charge in [-0.25, -0.2) is 19.3 Å². The van der Waals surface area contributed by atoms with Crippen LogP contribution in [0.15, 0.2) is 61.3 Å². The van der Waals surface area contributed by atoms with Gasteiger partial charge in [0.15, 0.2) is 5.65 Å². The van der Waals surface area contributed by atoms with E-state index in [9.17, 15) is 4.39 Å². The number of benzene rings is 1. The third-order valence-electron chi connectivity index (χ3n) is 3.48. The van der Waals surface area contributed by atoms with Crippen molar-refractivity contribution in [2.75, 3.05) is 4.90 Å². The van der Waals surface area contributed by atoms with Gasteiger partial charge in [0.1, 0.15) is 11.3 Å². The van der Waals surface area contributed by atoms with Gasteiger partial charge in [-0.05, 0) is 30.3 Å². The van der Waals surface area contributed by atoms with Crippen molar-refractivity contribution < 1.29 is 4.39 Å². The number of hydrogen-bond acceptors (Lipinski definition) is 6. The molecule has 0 N–H and O–H groups in total. The van der Waals surface area contributed by atoms with Gasteiger partial charge in [-0.1, -0.05) is 11.6 Å². The maximum Gasteiger partial charge on any atom is 0.236 e. The molecule has 0 bridgehead atoms. The SMILES string of the molecule is Fc1ccc(Cl)cc1N(c1ccncc1)c1ncc2nccnc2n1. The second-order valence-electron chi connectivity index (χ2n) is 5.07. The summed E-state index contributed by atoms with van der Waals surface area (Å²) in [6.07, 6.45) is 7.84. The van der Waals surface area contributed by atoms with Gasteiger partial charge in [0.2, 0.25) is 5.95 Å². The van der Waals surface area contributed by atoms with Crippen molar-refractivity contribution in [2.45, 2.75) is 0 Å². The number of aromatic nitrogens is 5. The molecule has 0 aliphatic heterocycles. The highest BCUT2D eigenvalue weighted by Gasteiger charge is 2.19. The molecule has 0 radical (unpaired) electrons. The van der Waals surface area contributed by atoms with E-state index in [0.717, 1.165) is 0 Å². The van der Waals surface area contributed by atoms with Gasteiger partial charge in [0, 0.05) is 29.8 Å². The monoisotopic (exact) mass is 352 g/mol. The molecular formula is C17H10ClFN6. The molecule has 0 saturated carbocycles. The number of anilines is 3. The number of fused-ring (bicyclic) bond motifs is 1. The molecule has 0 saturated heterocycles. The van der Waals surface area contributed by atoms with Crippen molar-refractivity contribution in [1.82, 2.24) is 24.9 Å². The molecule has 4 aromatic rings. The summed E-state index contributed by atoms with van der Waals surface area (Å²) >= 11 is 6.06. The van der Waals surface area contributed by atoms with Gasteiger partial charge in [-0.2, -0.15) is 4.98 Å². The number of rotatable bonds is 3. The largest absolute Gasteiger partial charge is 0.276 e. The average molecular weight is 353 g/mol. The fourth-order valence-corrected chi connectivity index (χ4v) is 2.55. The molecule has 0 aliphatic carbocycles. The zero-order valence-electron chi connectivity index (χ0n) is 12.7. The first-order valence-electron chi connectivity index (χ1n) is 7.31. The van der Waals surface area contributed by atoms with E-state index >= 15 is 0 Å². The molecule has 0 fully saturated rings. The Kier molecular flexibility index (Phi) is 3.91. The number of halogens is 2. The van der Waals surface area contributed by atoms with Crippen molar-refractivity contribution in [3.63, 3.8) is 0 Å². The van der Waals surface area contributed by atoms with E-state index in [-0.39, 0.29) is 11.6 Å². The summed E-state index contributed by atoms with van der Waals surface area (Å²) < 4.78 is 14.5. The smallest absolute Gasteiger partial charge is 0.236 e. The summed E-state index contributed by atoms with van der Waals surface area (Å²) in [5.41, 5.74) is 1.82. The van der Waals surface area contributed by atoms with Crippen molar-refractivity contribution in [3.8, 4) is 0 Å². The third-order valence-corrected chi connectivity index (χ3v) is 3.72. The first kappa shape index (κ1) is 15.3. The fraction of sp³-hybridized carbons (Fsp3) is 0. The minimum atomic E-state index is -0.455. The Morgan fingerprint density at radius 2 is 1.72 bits per heavy atom. The maximum absolute atomic E-state index is 14.5. The third kappa shape index (κ3) is 2.97. The summed E-state index contributed by atoms with van der Waals surface area (Å²) in [6.45, 7) is 0. The Balaban J connectivity index is 1.95. The zero-order valence-corrected chi connectivity index (χ0v) is 13.5. The highest BCUT2D eigenvalue weighted by atomic mass is 35.5. The molecule has 3 heterocycles. The van der Waals surface area contributed by atoms with Crippen LogP contribution in [-0.4, -0.2) is 24.9 Å². The average Bonchev–Trinajstić information content (AvgIpc) is 2.65. The van der Waals surface area contributed by atoms with Crippen LogP contribution in [0.5, 0.6) is 0 Å². The minimum absolute atomic E-state index is 0.224. The van der Waals surface area contributed by atoms with Gasteiger partial charge < -0.3 is 0 Å². The number of pyridine rings is 1. The molecule has 8 heteroatoms. The van der Waals surface area contributed by atoms with Crippen LogP contribution in [0.2, 0.25) is 5.02 Å². The van der Waals surface area contributed by atoms with Crippen LogP contribution < -0.4 is 4.90 Å². The van der Waals surface area contributed by atoms with Crippen molar-refractivity contribution >= 4 is 40.1 Å². The summed E-state index contributed by atoms with van der Waals surface area (Å²) in [5, 5.41) is 0.399. The topological polar surface area (TPSA) is 67.7 Å². The van der Waals surface area contributed by atoms with E-state index in [1.165, 1.54) is 24.4 Å². The van der Waals surface area contributed by atoms with Crippen LogP contribution in [0.25, 0.3) is 11.2 Å². The summed E-state index contributed by atoms with van der Waals surface area (Å²) in [7, 11) is 0. The lowest BCUT2D eigenvalue weighted by Gasteiger charge is -2.23. The van der Waals surface area contributed by atoms with Gasteiger partial charge in [-0.15, -0.1) is 0 Å². The minimum Gasteiger partial charge on any atom is -0.276 e. The van der Waals surface area contributed by atoms with Gasteiger partial charge in [0.25, 0.3) is 0 Å². The zero-order chi connectivity index (χ0) is 17.2. The first-order valence-corrected chi connectivity index (χ1v) is 7.69. The normalized spacial score (nSPS) is 10.8. The van der Waals surface area contributed by atoms with E-state index in [2.05, 4.69) is 24.9 Å². The standard InChI is InChI=1S/C17H10ClFN6/c18-11-1-2-13(19)15(9-11)25(12-3-5-20-6-4-12)17-23-10-14-16(24-17)22-8-7-21-14/h1-10H. The van der Waals surface area contributed by atoms with Crippen LogP contribution in [0, 0.1) is 5.82 Å². The Hall–Kier alpha value is -3.19. The van der Waals surface area contributed by atoms with Gasteiger partial charge in [0.05, 0.1) is 17.6 Å². The highest BCUT2D eigenvalue weighted by Crippen LogP contribution is 2.35. The Bertz CT molecular complexity index is 1040. The number of hydrogen-bond donors (Lipinski definition) is 0. The quantitative estimate of drug-likeness (QED) is 0.553. The Morgan fingerprint density at radius 1 is 0.920 bits per heavy atom. The molecule has 0 atom stereocenters. The summed E-state index contributed by atoms with van der Waals surface area (Å²) in [6, 6.07) is 7.75. The molecule has 122 valence electrons. The van der Waals surface area contributed by atoms with Crippen molar-refractivity contribution in [1.29, 1.82) is 0 Å². The lowest BCUT2D eigenvalue weighted by atomic mass is 10.2. The summed E-state index contributed by atoms with van der Waals surface area (Å²) in [4.78, 5) is 22.6. The van der Waals surface area contributed by atoms with Crippen molar-refractivity contribution in [2.24, 2.45) is 0 Å². The second kappa shape index (κ2) is 6.37. The Labute approximate surface area is 147 Å². The molecule has 0 unspecified atom stereocenters.